The lowest BCUT2D eigenvalue weighted by molar-refractivity contribution is -0.121. The number of hydrogen-bond acceptors (Lipinski definition) is 5. The van der Waals surface area contributed by atoms with Gasteiger partial charge in [0, 0.05) is 24.4 Å². The van der Waals surface area contributed by atoms with Crippen molar-refractivity contribution >= 4 is 17.0 Å². The van der Waals surface area contributed by atoms with Gasteiger partial charge in [-0.05, 0) is 50.3 Å². The van der Waals surface area contributed by atoms with Gasteiger partial charge in [0.15, 0.2) is 5.58 Å². The van der Waals surface area contributed by atoms with Crippen LogP contribution in [0.15, 0.2) is 33.5 Å². The second kappa shape index (κ2) is 7.34. The fourth-order valence-corrected chi connectivity index (χ4v) is 3.63. The van der Waals surface area contributed by atoms with E-state index in [9.17, 15) is 9.59 Å². The maximum absolute atomic E-state index is 12.2. The van der Waals surface area contributed by atoms with E-state index in [-0.39, 0.29) is 12.5 Å². The lowest BCUT2D eigenvalue weighted by Gasteiger charge is -2.17. The fourth-order valence-electron chi connectivity index (χ4n) is 3.63. The number of hydrogen-bond donors (Lipinski definition) is 1. The summed E-state index contributed by atoms with van der Waals surface area (Å²) in [5, 5.41) is 2.84. The Balaban J connectivity index is 1.38. The van der Waals surface area contributed by atoms with Crippen molar-refractivity contribution in [2.75, 3.05) is 6.54 Å². The summed E-state index contributed by atoms with van der Waals surface area (Å²) in [7, 11) is 0. The molecular weight excluding hydrogens is 344 g/mol. The van der Waals surface area contributed by atoms with Crippen molar-refractivity contribution in [3.05, 3.63) is 57.6 Å². The van der Waals surface area contributed by atoms with E-state index in [2.05, 4.69) is 15.3 Å². The van der Waals surface area contributed by atoms with E-state index in [0.29, 0.717) is 24.1 Å². The van der Waals surface area contributed by atoms with Crippen LogP contribution < -0.4 is 11.1 Å². The number of carbonyl (C=O) groups excluding carboxylic acids is 1. The highest BCUT2D eigenvalue weighted by atomic mass is 16.4. The van der Waals surface area contributed by atoms with Crippen LogP contribution >= 0.6 is 0 Å². The Morgan fingerprint density at radius 1 is 1.22 bits per heavy atom. The molecule has 1 aliphatic carbocycles. The first-order valence-corrected chi connectivity index (χ1v) is 9.32. The quantitative estimate of drug-likeness (QED) is 0.745. The van der Waals surface area contributed by atoms with Crippen molar-refractivity contribution in [3.63, 3.8) is 0 Å². The molecule has 0 aliphatic heterocycles. The standard InChI is InChI=1S/C20H22N4O3/c1-13-14-6-2-3-7-15(14)23-18(22-13)10-11-21-19(25)12-24-16-8-4-5-9-17(16)27-20(24)26/h4-5,8-9H,2-3,6-7,10-12H2,1H3,(H,21,25). The molecule has 0 radical (unpaired) electrons. The van der Waals surface area contributed by atoms with Crippen molar-refractivity contribution in [3.8, 4) is 0 Å². The average Bonchev–Trinajstić information content (AvgIpc) is 2.97. The molecule has 2 aromatic heterocycles. The van der Waals surface area contributed by atoms with Gasteiger partial charge in [0.2, 0.25) is 5.91 Å². The molecule has 1 aromatic carbocycles. The molecule has 1 N–H and O–H groups in total. The molecule has 2 heterocycles. The van der Waals surface area contributed by atoms with E-state index >= 15 is 0 Å². The van der Waals surface area contributed by atoms with E-state index in [0.717, 1.165) is 30.1 Å². The second-order valence-electron chi connectivity index (χ2n) is 6.88. The summed E-state index contributed by atoms with van der Waals surface area (Å²) in [6, 6.07) is 7.07. The number of aromatic nitrogens is 3. The number of rotatable bonds is 5. The van der Waals surface area contributed by atoms with Gasteiger partial charge in [-0.2, -0.15) is 0 Å². The number of nitrogens with zero attached hydrogens (tertiary/aromatic N) is 3. The second-order valence-corrected chi connectivity index (χ2v) is 6.88. The molecule has 0 saturated heterocycles. The number of aryl methyl sites for hydroxylation is 2. The molecule has 1 aliphatic rings. The fraction of sp³-hybridized carbons (Fsp3) is 0.400. The van der Waals surface area contributed by atoms with Crippen LogP contribution in [0.1, 0.15) is 35.6 Å². The SMILES string of the molecule is Cc1nc(CCNC(=O)Cn2c(=O)oc3ccccc32)nc2c1CCCC2. The molecule has 0 saturated carbocycles. The molecule has 27 heavy (non-hydrogen) atoms. The Hall–Kier alpha value is -2.96. The van der Waals surface area contributed by atoms with Crippen LogP contribution in [0.25, 0.3) is 11.1 Å². The van der Waals surface area contributed by atoms with Crippen LogP contribution in [0.2, 0.25) is 0 Å². The number of nitrogens with one attached hydrogen (secondary N) is 1. The Morgan fingerprint density at radius 2 is 2.04 bits per heavy atom. The molecule has 140 valence electrons. The molecule has 0 unspecified atom stereocenters. The Labute approximate surface area is 156 Å². The molecule has 0 bridgehead atoms. The monoisotopic (exact) mass is 366 g/mol. The molecular formula is C20H22N4O3. The largest absolute Gasteiger partial charge is 0.420 e. The zero-order valence-corrected chi connectivity index (χ0v) is 15.3. The summed E-state index contributed by atoms with van der Waals surface area (Å²) in [5.74, 6) is -0.00212. The lowest BCUT2D eigenvalue weighted by atomic mass is 9.95. The third-order valence-electron chi connectivity index (χ3n) is 4.98. The van der Waals surface area contributed by atoms with Gasteiger partial charge in [-0.15, -0.1) is 0 Å². The van der Waals surface area contributed by atoms with Gasteiger partial charge in [0.1, 0.15) is 12.4 Å². The maximum atomic E-state index is 12.2. The summed E-state index contributed by atoms with van der Waals surface area (Å²) < 4.78 is 6.48. The third-order valence-corrected chi connectivity index (χ3v) is 4.98. The molecule has 0 spiro atoms. The molecule has 0 atom stereocenters. The van der Waals surface area contributed by atoms with Crippen LogP contribution in [0, 0.1) is 6.92 Å². The first kappa shape index (κ1) is 17.5. The molecule has 4 rings (SSSR count). The predicted molar refractivity (Wildman–Crippen MR) is 101 cm³/mol. The van der Waals surface area contributed by atoms with E-state index in [4.69, 9.17) is 4.42 Å². The van der Waals surface area contributed by atoms with Gasteiger partial charge >= 0.3 is 5.76 Å². The van der Waals surface area contributed by atoms with Crippen LogP contribution in [0.5, 0.6) is 0 Å². The normalized spacial score (nSPS) is 13.5. The smallest absolute Gasteiger partial charge is 0.408 e. The van der Waals surface area contributed by atoms with Gasteiger partial charge in [-0.1, -0.05) is 12.1 Å². The first-order chi connectivity index (χ1) is 13.1. The van der Waals surface area contributed by atoms with Crippen molar-refractivity contribution < 1.29 is 9.21 Å². The van der Waals surface area contributed by atoms with Crippen LogP contribution in [-0.2, 0) is 30.6 Å². The third kappa shape index (κ3) is 3.63. The average molecular weight is 366 g/mol. The van der Waals surface area contributed by atoms with Crippen LogP contribution in [0.4, 0.5) is 0 Å². The van der Waals surface area contributed by atoms with Crippen molar-refractivity contribution in [2.45, 2.75) is 45.6 Å². The first-order valence-electron chi connectivity index (χ1n) is 9.32. The summed E-state index contributed by atoms with van der Waals surface area (Å²) >= 11 is 0. The number of carbonyl (C=O) groups is 1. The zero-order valence-electron chi connectivity index (χ0n) is 15.3. The van der Waals surface area contributed by atoms with E-state index in [1.807, 2.05) is 13.0 Å². The highest BCUT2D eigenvalue weighted by molar-refractivity contribution is 5.79. The Kier molecular flexibility index (Phi) is 4.75. The molecule has 1 amide bonds. The lowest BCUT2D eigenvalue weighted by Crippen LogP contribution is -2.32. The number of benzene rings is 1. The van der Waals surface area contributed by atoms with E-state index < -0.39 is 5.76 Å². The Morgan fingerprint density at radius 3 is 2.93 bits per heavy atom. The minimum Gasteiger partial charge on any atom is -0.408 e. The summed E-state index contributed by atoms with van der Waals surface area (Å²) in [4.78, 5) is 33.4. The van der Waals surface area contributed by atoms with Crippen molar-refractivity contribution in [1.82, 2.24) is 19.9 Å². The zero-order chi connectivity index (χ0) is 18.8. The summed E-state index contributed by atoms with van der Waals surface area (Å²) in [6.07, 6.45) is 5.02. The molecule has 7 nitrogen and oxygen atoms in total. The summed E-state index contributed by atoms with van der Waals surface area (Å²) in [5.41, 5.74) is 4.60. The van der Waals surface area contributed by atoms with Crippen molar-refractivity contribution in [1.29, 1.82) is 0 Å². The van der Waals surface area contributed by atoms with Gasteiger partial charge in [0.25, 0.3) is 0 Å². The number of fused-ring (bicyclic) bond motifs is 2. The van der Waals surface area contributed by atoms with Crippen LogP contribution in [-0.4, -0.2) is 27.0 Å². The van der Waals surface area contributed by atoms with E-state index in [1.54, 1.807) is 18.2 Å². The minimum absolute atomic E-state index is 0.0695. The number of para-hydroxylation sites is 2. The molecule has 3 aromatic rings. The maximum Gasteiger partial charge on any atom is 0.420 e. The van der Waals surface area contributed by atoms with E-state index in [1.165, 1.54) is 23.0 Å². The van der Waals surface area contributed by atoms with Gasteiger partial charge < -0.3 is 9.73 Å². The van der Waals surface area contributed by atoms with Gasteiger partial charge in [-0.25, -0.2) is 14.8 Å². The number of amides is 1. The van der Waals surface area contributed by atoms with Gasteiger partial charge in [0.05, 0.1) is 5.52 Å². The number of oxazole rings is 1. The molecule has 7 heteroatoms. The molecule has 0 fully saturated rings. The van der Waals surface area contributed by atoms with Gasteiger partial charge in [-0.3, -0.25) is 9.36 Å². The highest BCUT2D eigenvalue weighted by Crippen LogP contribution is 2.21. The summed E-state index contributed by atoms with van der Waals surface area (Å²) in [6.45, 7) is 2.39. The minimum atomic E-state index is -0.528. The topological polar surface area (TPSA) is 90.0 Å². The highest BCUT2D eigenvalue weighted by Gasteiger charge is 2.16. The van der Waals surface area contributed by atoms with Crippen LogP contribution in [0.3, 0.4) is 0 Å². The predicted octanol–water partition coefficient (Wildman–Crippen LogP) is 1.93. The van der Waals surface area contributed by atoms with Crippen molar-refractivity contribution in [2.24, 2.45) is 0 Å². The Bertz CT molecular complexity index is 1050.